The van der Waals surface area contributed by atoms with Gasteiger partial charge in [-0.15, -0.1) is 0 Å². The van der Waals surface area contributed by atoms with Gasteiger partial charge in [0, 0.05) is 12.0 Å². The van der Waals surface area contributed by atoms with Crippen LogP contribution < -0.4 is 15.2 Å². The van der Waals surface area contributed by atoms with Gasteiger partial charge in [0.05, 0.1) is 18.7 Å². The number of nitrogens with two attached hydrogens (primary N) is 1. The Balaban J connectivity index is 2.41. The van der Waals surface area contributed by atoms with E-state index in [-0.39, 0.29) is 0 Å². The van der Waals surface area contributed by atoms with E-state index in [2.05, 4.69) is 15.9 Å². The molecule has 0 saturated heterocycles. The summed E-state index contributed by atoms with van der Waals surface area (Å²) in [7, 11) is 3.27. The Morgan fingerprint density at radius 2 is 2.00 bits per heavy atom. The van der Waals surface area contributed by atoms with Crippen molar-refractivity contribution in [3.63, 3.8) is 0 Å². The van der Waals surface area contributed by atoms with Gasteiger partial charge in [-0.1, -0.05) is 6.07 Å². The first-order chi connectivity index (χ1) is 7.19. The lowest BCUT2D eigenvalue weighted by Crippen LogP contribution is -2.02. The van der Waals surface area contributed by atoms with Gasteiger partial charge in [-0.3, -0.25) is 0 Å². The van der Waals surface area contributed by atoms with Gasteiger partial charge >= 0.3 is 0 Å². The molecule has 0 radical (unpaired) electrons. The first-order valence-corrected chi connectivity index (χ1v) is 5.64. The van der Waals surface area contributed by atoms with Crippen molar-refractivity contribution in [1.82, 2.24) is 0 Å². The second-order valence-electron chi connectivity index (χ2n) is 3.71. The van der Waals surface area contributed by atoms with Crippen molar-refractivity contribution < 1.29 is 9.47 Å². The van der Waals surface area contributed by atoms with E-state index in [9.17, 15) is 0 Å². The van der Waals surface area contributed by atoms with E-state index in [0.717, 1.165) is 22.4 Å². The van der Waals surface area contributed by atoms with Gasteiger partial charge in [-0.05, 0) is 34.0 Å². The van der Waals surface area contributed by atoms with Gasteiger partial charge in [0.15, 0.2) is 11.5 Å². The molecule has 0 spiro atoms. The van der Waals surface area contributed by atoms with Gasteiger partial charge in [0.1, 0.15) is 0 Å². The van der Waals surface area contributed by atoms with Crippen LogP contribution in [0.5, 0.6) is 11.5 Å². The average molecular weight is 272 g/mol. The molecule has 0 bridgehead atoms. The highest BCUT2D eigenvalue weighted by atomic mass is 79.9. The SMILES string of the molecule is COc1ccc(C2CC2N)c(Br)c1OC. The summed E-state index contributed by atoms with van der Waals surface area (Å²) in [4.78, 5) is 0. The molecule has 1 aliphatic rings. The summed E-state index contributed by atoms with van der Waals surface area (Å²) in [6, 6.07) is 4.26. The van der Waals surface area contributed by atoms with Crippen molar-refractivity contribution in [2.45, 2.75) is 18.4 Å². The van der Waals surface area contributed by atoms with E-state index in [1.165, 1.54) is 5.56 Å². The third-order valence-electron chi connectivity index (χ3n) is 2.75. The lowest BCUT2D eigenvalue weighted by molar-refractivity contribution is 0.352. The molecule has 2 atom stereocenters. The van der Waals surface area contributed by atoms with Crippen LogP contribution >= 0.6 is 15.9 Å². The molecule has 1 aliphatic carbocycles. The van der Waals surface area contributed by atoms with Crippen LogP contribution in [0.4, 0.5) is 0 Å². The third kappa shape index (κ3) is 1.84. The van der Waals surface area contributed by atoms with E-state index < -0.39 is 0 Å². The Morgan fingerprint density at radius 3 is 2.47 bits per heavy atom. The fraction of sp³-hybridized carbons (Fsp3) is 0.455. The molecule has 2 rings (SSSR count). The molecule has 4 heteroatoms. The summed E-state index contributed by atoms with van der Waals surface area (Å²) in [6.45, 7) is 0. The molecule has 0 heterocycles. The summed E-state index contributed by atoms with van der Waals surface area (Å²) in [5.41, 5.74) is 7.05. The number of rotatable bonds is 3. The van der Waals surface area contributed by atoms with Crippen LogP contribution in [-0.2, 0) is 0 Å². The van der Waals surface area contributed by atoms with Crippen LogP contribution in [0, 0.1) is 0 Å². The van der Waals surface area contributed by atoms with Gasteiger partial charge < -0.3 is 15.2 Å². The smallest absolute Gasteiger partial charge is 0.175 e. The number of hydrogen-bond acceptors (Lipinski definition) is 3. The Hall–Kier alpha value is -0.740. The number of methoxy groups -OCH3 is 2. The zero-order valence-electron chi connectivity index (χ0n) is 8.79. The summed E-state index contributed by atoms with van der Waals surface area (Å²) in [5, 5.41) is 0. The standard InChI is InChI=1S/C11H14BrNO2/c1-14-9-4-3-6(7-5-8(7)13)10(12)11(9)15-2/h3-4,7-8H,5,13H2,1-2H3. The predicted molar refractivity (Wildman–Crippen MR) is 62.6 cm³/mol. The normalized spacial score (nSPS) is 23.7. The Morgan fingerprint density at radius 1 is 1.33 bits per heavy atom. The van der Waals surface area contributed by atoms with Crippen molar-refractivity contribution in [1.29, 1.82) is 0 Å². The molecule has 15 heavy (non-hydrogen) atoms. The molecule has 0 amide bonds. The van der Waals surface area contributed by atoms with Crippen LogP contribution in [0.3, 0.4) is 0 Å². The maximum absolute atomic E-state index is 5.84. The highest BCUT2D eigenvalue weighted by molar-refractivity contribution is 9.10. The number of benzene rings is 1. The van der Waals surface area contributed by atoms with Crippen LogP contribution in [0.2, 0.25) is 0 Å². The third-order valence-corrected chi connectivity index (χ3v) is 3.57. The van der Waals surface area contributed by atoms with Crippen molar-refractivity contribution in [2.24, 2.45) is 5.73 Å². The summed E-state index contributed by atoms with van der Waals surface area (Å²) in [5.74, 6) is 1.94. The highest BCUT2D eigenvalue weighted by Gasteiger charge is 2.37. The lowest BCUT2D eigenvalue weighted by atomic mass is 10.1. The summed E-state index contributed by atoms with van der Waals surface area (Å²) < 4.78 is 11.5. The lowest BCUT2D eigenvalue weighted by Gasteiger charge is -2.12. The topological polar surface area (TPSA) is 44.5 Å². The molecule has 3 nitrogen and oxygen atoms in total. The minimum absolute atomic E-state index is 0.291. The first kappa shape index (κ1) is 10.8. The minimum Gasteiger partial charge on any atom is -0.493 e. The number of hydrogen-bond donors (Lipinski definition) is 1. The van der Waals surface area contributed by atoms with Crippen molar-refractivity contribution >= 4 is 15.9 Å². The van der Waals surface area contributed by atoms with E-state index >= 15 is 0 Å². The van der Waals surface area contributed by atoms with Crippen molar-refractivity contribution in [3.8, 4) is 11.5 Å². The second kappa shape index (κ2) is 4.02. The number of ether oxygens (including phenoxy) is 2. The average Bonchev–Trinajstić information content (AvgIpc) is 2.94. The fourth-order valence-electron chi connectivity index (χ4n) is 1.76. The molecule has 82 valence electrons. The van der Waals surface area contributed by atoms with Gasteiger partial charge in [0.25, 0.3) is 0 Å². The first-order valence-electron chi connectivity index (χ1n) is 4.85. The Bertz CT molecular complexity index is 381. The van der Waals surface area contributed by atoms with Gasteiger partial charge in [-0.2, -0.15) is 0 Å². The van der Waals surface area contributed by atoms with Crippen LogP contribution in [0.25, 0.3) is 0 Å². The zero-order chi connectivity index (χ0) is 11.0. The molecule has 2 N–H and O–H groups in total. The highest BCUT2D eigenvalue weighted by Crippen LogP contribution is 2.47. The fourth-order valence-corrected chi connectivity index (χ4v) is 2.55. The van der Waals surface area contributed by atoms with Crippen LogP contribution in [0.15, 0.2) is 16.6 Å². The molecule has 1 saturated carbocycles. The van der Waals surface area contributed by atoms with E-state index in [1.807, 2.05) is 12.1 Å². The predicted octanol–water partition coefficient (Wildman–Crippen LogP) is 2.28. The molecular formula is C11H14BrNO2. The van der Waals surface area contributed by atoms with Crippen molar-refractivity contribution in [2.75, 3.05) is 14.2 Å². The van der Waals surface area contributed by atoms with Gasteiger partial charge in [-0.25, -0.2) is 0 Å². The molecule has 1 aromatic rings. The Labute approximate surface area is 97.7 Å². The maximum Gasteiger partial charge on any atom is 0.175 e. The van der Waals surface area contributed by atoms with Crippen molar-refractivity contribution in [3.05, 3.63) is 22.2 Å². The van der Waals surface area contributed by atoms with E-state index in [4.69, 9.17) is 15.2 Å². The summed E-state index contributed by atoms with van der Waals surface area (Å²) in [6.07, 6.45) is 1.05. The molecule has 1 aromatic carbocycles. The minimum atomic E-state index is 0.291. The molecule has 0 aromatic heterocycles. The van der Waals surface area contributed by atoms with E-state index in [0.29, 0.717) is 12.0 Å². The van der Waals surface area contributed by atoms with Gasteiger partial charge in [0.2, 0.25) is 0 Å². The molecule has 2 unspecified atom stereocenters. The maximum atomic E-state index is 5.84. The summed E-state index contributed by atoms with van der Waals surface area (Å²) >= 11 is 3.54. The Kier molecular flexibility index (Phi) is 2.89. The van der Waals surface area contributed by atoms with E-state index in [1.54, 1.807) is 14.2 Å². The monoisotopic (exact) mass is 271 g/mol. The molecule has 1 fully saturated rings. The zero-order valence-corrected chi connectivity index (χ0v) is 10.4. The van der Waals surface area contributed by atoms with Crippen LogP contribution in [0.1, 0.15) is 17.9 Å². The molecular weight excluding hydrogens is 258 g/mol. The largest absolute Gasteiger partial charge is 0.493 e. The van der Waals surface area contributed by atoms with Crippen LogP contribution in [-0.4, -0.2) is 20.3 Å². The quantitative estimate of drug-likeness (QED) is 0.918. The number of halogens is 1. The molecule has 0 aliphatic heterocycles. The second-order valence-corrected chi connectivity index (χ2v) is 4.50.